The number of rotatable bonds is 6. The van der Waals surface area contributed by atoms with Crippen molar-refractivity contribution in [2.24, 2.45) is 0 Å². The van der Waals surface area contributed by atoms with Crippen LogP contribution in [0.3, 0.4) is 0 Å². The third-order valence-corrected chi connectivity index (χ3v) is 4.31. The van der Waals surface area contributed by atoms with E-state index in [0.29, 0.717) is 28.7 Å². The first kappa shape index (κ1) is 19.6. The fraction of sp³-hybridized carbons (Fsp3) is 0.200. The molecule has 0 radical (unpaired) electrons. The van der Waals surface area contributed by atoms with Crippen LogP contribution in [-0.2, 0) is 6.54 Å². The SMILES string of the molecule is Cc1cc(Cn2cc3c(C(=O)NC4=CC=C4)nccc3n2)cnc1OCC(F)(F)F. The summed E-state index contributed by atoms with van der Waals surface area (Å²) in [5, 5.41) is 7.79. The lowest BCUT2D eigenvalue weighted by molar-refractivity contribution is -0.154. The van der Waals surface area contributed by atoms with Gasteiger partial charge in [-0.15, -0.1) is 0 Å². The molecular formula is C20H16F3N5O2. The van der Waals surface area contributed by atoms with Crippen LogP contribution in [0.1, 0.15) is 21.6 Å². The van der Waals surface area contributed by atoms with E-state index in [1.54, 1.807) is 42.1 Å². The Labute approximate surface area is 168 Å². The molecule has 0 atom stereocenters. The molecule has 3 aromatic rings. The maximum Gasteiger partial charge on any atom is 0.422 e. The largest absolute Gasteiger partial charge is 0.468 e. The number of fused-ring (bicyclic) bond motifs is 1. The number of nitrogens with one attached hydrogen (secondary N) is 1. The van der Waals surface area contributed by atoms with Crippen molar-refractivity contribution >= 4 is 16.8 Å². The first-order valence-corrected chi connectivity index (χ1v) is 8.95. The highest BCUT2D eigenvalue weighted by Gasteiger charge is 2.29. The molecule has 1 amide bonds. The van der Waals surface area contributed by atoms with Gasteiger partial charge in [0.25, 0.3) is 5.91 Å². The highest BCUT2D eigenvalue weighted by atomic mass is 19.4. The average Bonchev–Trinajstić information content (AvgIpc) is 3.05. The number of allylic oxidation sites excluding steroid dienone is 3. The van der Waals surface area contributed by atoms with Crippen molar-refractivity contribution < 1.29 is 22.7 Å². The van der Waals surface area contributed by atoms with Gasteiger partial charge in [-0.05, 0) is 36.8 Å². The first-order valence-electron chi connectivity index (χ1n) is 8.95. The Hall–Kier alpha value is -3.69. The molecule has 0 fully saturated rings. The molecule has 0 aliphatic heterocycles. The summed E-state index contributed by atoms with van der Waals surface area (Å²) in [7, 11) is 0. The summed E-state index contributed by atoms with van der Waals surface area (Å²) >= 11 is 0. The number of hydrogen-bond acceptors (Lipinski definition) is 5. The molecule has 1 aliphatic rings. The number of amides is 1. The van der Waals surface area contributed by atoms with Gasteiger partial charge in [0.05, 0.1) is 17.4 Å². The molecule has 0 saturated carbocycles. The number of ether oxygens (including phenoxy) is 1. The van der Waals surface area contributed by atoms with E-state index in [2.05, 4.69) is 20.4 Å². The molecule has 0 unspecified atom stereocenters. The van der Waals surface area contributed by atoms with Crippen molar-refractivity contribution in [2.75, 3.05) is 6.61 Å². The van der Waals surface area contributed by atoms with E-state index in [0.717, 1.165) is 5.56 Å². The monoisotopic (exact) mass is 415 g/mol. The van der Waals surface area contributed by atoms with Gasteiger partial charge in [-0.3, -0.25) is 14.5 Å². The van der Waals surface area contributed by atoms with Crippen molar-refractivity contribution in [2.45, 2.75) is 19.6 Å². The average molecular weight is 415 g/mol. The van der Waals surface area contributed by atoms with Gasteiger partial charge in [0, 0.05) is 29.9 Å². The van der Waals surface area contributed by atoms with Crippen LogP contribution >= 0.6 is 0 Å². The second-order valence-electron chi connectivity index (χ2n) is 6.72. The lowest BCUT2D eigenvalue weighted by Crippen LogP contribution is -2.24. The topological polar surface area (TPSA) is 81.9 Å². The molecule has 10 heteroatoms. The molecule has 0 spiro atoms. The van der Waals surface area contributed by atoms with E-state index in [4.69, 9.17) is 4.74 Å². The Kier molecular flexibility index (Phi) is 4.98. The van der Waals surface area contributed by atoms with Crippen LogP contribution in [0.15, 0.2) is 54.6 Å². The summed E-state index contributed by atoms with van der Waals surface area (Å²) < 4.78 is 43.3. The van der Waals surface area contributed by atoms with E-state index in [1.807, 2.05) is 6.08 Å². The minimum Gasteiger partial charge on any atom is -0.468 e. The van der Waals surface area contributed by atoms with Gasteiger partial charge in [0.1, 0.15) is 5.69 Å². The van der Waals surface area contributed by atoms with Crippen molar-refractivity contribution in [3.05, 3.63) is 71.5 Å². The molecule has 0 aromatic carbocycles. The second-order valence-corrected chi connectivity index (χ2v) is 6.72. The van der Waals surface area contributed by atoms with E-state index < -0.39 is 12.8 Å². The zero-order valence-corrected chi connectivity index (χ0v) is 15.8. The molecule has 1 N–H and O–H groups in total. The van der Waals surface area contributed by atoms with Crippen LogP contribution in [0.4, 0.5) is 13.2 Å². The molecule has 0 bridgehead atoms. The lowest BCUT2D eigenvalue weighted by atomic mass is 10.2. The van der Waals surface area contributed by atoms with Gasteiger partial charge >= 0.3 is 6.18 Å². The Morgan fingerprint density at radius 3 is 2.77 bits per heavy atom. The number of aryl methyl sites for hydroxylation is 1. The number of carbonyl (C=O) groups excluding carboxylic acids is 1. The molecule has 154 valence electrons. The van der Waals surface area contributed by atoms with Crippen LogP contribution in [0.2, 0.25) is 0 Å². The Morgan fingerprint density at radius 2 is 2.10 bits per heavy atom. The number of halogens is 3. The smallest absolute Gasteiger partial charge is 0.422 e. The van der Waals surface area contributed by atoms with Crippen molar-refractivity contribution in [3.8, 4) is 5.88 Å². The second kappa shape index (κ2) is 7.62. The zero-order chi connectivity index (χ0) is 21.3. The maximum atomic E-state index is 12.5. The maximum absolute atomic E-state index is 12.5. The third kappa shape index (κ3) is 4.32. The summed E-state index contributed by atoms with van der Waals surface area (Å²) in [4.78, 5) is 20.6. The van der Waals surface area contributed by atoms with Gasteiger partial charge < -0.3 is 10.1 Å². The molecule has 0 saturated heterocycles. The Bertz CT molecular complexity index is 1180. The predicted octanol–water partition coefficient (Wildman–Crippen LogP) is 3.31. The van der Waals surface area contributed by atoms with Gasteiger partial charge in [-0.1, -0.05) is 6.08 Å². The number of carbonyl (C=O) groups is 1. The number of alkyl halides is 3. The predicted molar refractivity (Wildman–Crippen MR) is 102 cm³/mol. The van der Waals surface area contributed by atoms with Crippen LogP contribution in [0.25, 0.3) is 10.9 Å². The van der Waals surface area contributed by atoms with Crippen LogP contribution in [0.5, 0.6) is 5.88 Å². The molecule has 7 nitrogen and oxygen atoms in total. The fourth-order valence-electron chi connectivity index (χ4n) is 2.92. The van der Waals surface area contributed by atoms with Crippen molar-refractivity contribution in [3.63, 3.8) is 0 Å². The Balaban J connectivity index is 1.52. The minimum atomic E-state index is -4.43. The standard InChI is InChI=1S/C20H16F3N5O2/c1-12-7-13(8-25-19(12)30-11-20(21,22)23)9-28-10-15-16(27-28)5-6-24-17(15)18(29)26-14-3-2-4-14/h2-8,10H,9,11H2,1H3,(H,26,29). The molecule has 1 aliphatic carbocycles. The number of pyridine rings is 2. The van der Waals surface area contributed by atoms with Crippen molar-refractivity contribution in [1.29, 1.82) is 0 Å². The fourth-order valence-corrected chi connectivity index (χ4v) is 2.92. The van der Waals surface area contributed by atoms with Gasteiger partial charge in [0.2, 0.25) is 5.88 Å². The van der Waals surface area contributed by atoms with Crippen LogP contribution < -0.4 is 10.1 Å². The van der Waals surface area contributed by atoms with E-state index in [-0.39, 0.29) is 17.5 Å². The summed E-state index contributed by atoms with van der Waals surface area (Å²) in [6, 6.07) is 3.38. The van der Waals surface area contributed by atoms with Gasteiger partial charge in [0.15, 0.2) is 6.61 Å². The first-order chi connectivity index (χ1) is 14.3. The molecule has 3 heterocycles. The molecular weight excluding hydrogens is 399 g/mol. The number of aromatic nitrogens is 4. The van der Waals surface area contributed by atoms with Crippen LogP contribution in [-0.4, -0.2) is 38.4 Å². The lowest BCUT2D eigenvalue weighted by Gasteiger charge is -2.11. The summed E-state index contributed by atoms with van der Waals surface area (Å²) in [5.74, 6) is -0.399. The van der Waals surface area contributed by atoms with Crippen LogP contribution in [0, 0.1) is 6.92 Å². The minimum absolute atomic E-state index is 0.0655. The molecule has 30 heavy (non-hydrogen) atoms. The third-order valence-electron chi connectivity index (χ3n) is 4.31. The van der Waals surface area contributed by atoms with Crippen molar-refractivity contribution in [1.82, 2.24) is 25.1 Å². The molecule has 4 rings (SSSR count). The van der Waals surface area contributed by atoms with Gasteiger partial charge in [-0.2, -0.15) is 18.3 Å². The van der Waals surface area contributed by atoms with Gasteiger partial charge in [-0.25, -0.2) is 4.98 Å². The zero-order valence-electron chi connectivity index (χ0n) is 15.8. The quantitative estimate of drug-likeness (QED) is 0.668. The highest BCUT2D eigenvalue weighted by Crippen LogP contribution is 2.22. The van der Waals surface area contributed by atoms with E-state index in [1.165, 1.54) is 12.4 Å². The summed E-state index contributed by atoms with van der Waals surface area (Å²) in [5.41, 5.74) is 2.77. The normalized spacial score (nSPS) is 13.1. The number of hydrogen-bond donors (Lipinski definition) is 1. The number of nitrogens with zero attached hydrogens (tertiary/aromatic N) is 4. The Morgan fingerprint density at radius 1 is 1.30 bits per heavy atom. The van der Waals surface area contributed by atoms with E-state index >= 15 is 0 Å². The molecule has 3 aromatic heterocycles. The van der Waals surface area contributed by atoms with E-state index in [9.17, 15) is 18.0 Å². The highest BCUT2D eigenvalue weighted by molar-refractivity contribution is 6.05. The summed E-state index contributed by atoms with van der Waals surface area (Å²) in [6.45, 7) is 0.546. The summed E-state index contributed by atoms with van der Waals surface area (Å²) in [6.07, 6.45) is 5.59.